The van der Waals surface area contributed by atoms with Crippen LogP contribution in [0, 0.1) is 17.7 Å². The van der Waals surface area contributed by atoms with Crippen molar-refractivity contribution in [2.45, 2.75) is 51.7 Å². The lowest BCUT2D eigenvalue weighted by molar-refractivity contribution is 0.177. The number of hydrogen-bond acceptors (Lipinski definition) is 2. The molecule has 0 bridgehead atoms. The van der Waals surface area contributed by atoms with E-state index in [1.807, 2.05) is 0 Å². The highest BCUT2D eigenvalue weighted by Gasteiger charge is 2.23. The van der Waals surface area contributed by atoms with E-state index in [1.165, 1.54) is 12.1 Å². The van der Waals surface area contributed by atoms with E-state index in [0.29, 0.717) is 18.9 Å². The number of rotatable bonds is 6. The minimum Gasteiger partial charge on any atom is -0.393 e. The molecule has 0 saturated heterocycles. The molecule has 128 valence electrons. The van der Waals surface area contributed by atoms with Crippen LogP contribution in [0.3, 0.4) is 0 Å². The Bertz CT molecular complexity index is 504. The van der Waals surface area contributed by atoms with Gasteiger partial charge in [-0.3, -0.25) is 0 Å². The fourth-order valence-corrected chi connectivity index (χ4v) is 3.02. The number of carbonyl (C=O) groups excluding carboxylic acids is 1. The van der Waals surface area contributed by atoms with Crippen molar-refractivity contribution in [3.63, 3.8) is 0 Å². The molecule has 23 heavy (non-hydrogen) atoms. The Morgan fingerprint density at radius 1 is 1.30 bits per heavy atom. The van der Waals surface area contributed by atoms with Crippen LogP contribution in [0.5, 0.6) is 0 Å². The van der Waals surface area contributed by atoms with Crippen molar-refractivity contribution in [2.75, 3.05) is 6.54 Å². The number of aliphatic hydroxyl groups excluding tert-OH is 1. The molecular weight excluding hydrogens is 295 g/mol. The van der Waals surface area contributed by atoms with Crippen LogP contribution in [0.4, 0.5) is 9.18 Å². The van der Waals surface area contributed by atoms with Crippen LogP contribution in [-0.4, -0.2) is 29.8 Å². The number of carbonyl (C=O) groups is 1. The average molecular weight is 322 g/mol. The van der Waals surface area contributed by atoms with Gasteiger partial charge in [0, 0.05) is 12.6 Å². The van der Waals surface area contributed by atoms with E-state index in [1.54, 1.807) is 12.1 Å². The van der Waals surface area contributed by atoms with Gasteiger partial charge in [0.15, 0.2) is 0 Å². The predicted octanol–water partition coefficient (Wildman–Crippen LogP) is 2.85. The summed E-state index contributed by atoms with van der Waals surface area (Å²) in [6, 6.07) is 6.21. The molecule has 5 heteroatoms. The highest BCUT2D eigenvalue weighted by molar-refractivity contribution is 5.74. The average Bonchev–Trinajstić information content (AvgIpc) is 2.92. The van der Waals surface area contributed by atoms with Gasteiger partial charge in [-0.25, -0.2) is 9.18 Å². The summed E-state index contributed by atoms with van der Waals surface area (Å²) in [6.45, 7) is 4.72. The van der Waals surface area contributed by atoms with Crippen molar-refractivity contribution < 1.29 is 14.3 Å². The highest BCUT2D eigenvalue weighted by atomic mass is 19.1. The fraction of sp³-hybridized carbons (Fsp3) is 0.611. The fourth-order valence-electron chi connectivity index (χ4n) is 3.02. The molecule has 0 unspecified atom stereocenters. The van der Waals surface area contributed by atoms with Crippen LogP contribution in [0.2, 0.25) is 0 Å². The third kappa shape index (κ3) is 5.82. The van der Waals surface area contributed by atoms with E-state index in [4.69, 9.17) is 0 Å². The largest absolute Gasteiger partial charge is 0.393 e. The number of urea groups is 1. The van der Waals surface area contributed by atoms with Crippen LogP contribution in [-0.2, 0) is 6.42 Å². The molecule has 0 heterocycles. The molecule has 0 aliphatic heterocycles. The summed E-state index contributed by atoms with van der Waals surface area (Å²) in [5.74, 6) is 0.392. The summed E-state index contributed by atoms with van der Waals surface area (Å²) in [5.41, 5.74) is 1.00. The molecule has 3 atom stereocenters. The summed E-state index contributed by atoms with van der Waals surface area (Å²) < 4.78 is 13.0. The summed E-state index contributed by atoms with van der Waals surface area (Å²) in [5, 5.41) is 15.4. The summed E-state index contributed by atoms with van der Waals surface area (Å²) >= 11 is 0. The molecule has 1 aliphatic rings. The van der Waals surface area contributed by atoms with Crippen molar-refractivity contribution in [1.29, 1.82) is 0 Å². The van der Waals surface area contributed by atoms with Gasteiger partial charge in [0.05, 0.1) is 6.10 Å². The third-order valence-electron chi connectivity index (χ3n) is 4.55. The molecule has 1 saturated carbocycles. The van der Waals surface area contributed by atoms with Crippen LogP contribution in [0.15, 0.2) is 24.3 Å². The lowest BCUT2D eigenvalue weighted by Crippen LogP contribution is -2.46. The van der Waals surface area contributed by atoms with Gasteiger partial charge in [-0.15, -0.1) is 0 Å². The SMILES string of the molecule is CC(C)[C@H](Cc1ccc(F)cc1)NC(=O)NC[C@H]1CC[C@@H](O)C1. The maximum absolute atomic E-state index is 13.0. The minimum atomic E-state index is -0.251. The van der Waals surface area contributed by atoms with E-state index in [0.717, 1.165) is 24.8 Å². The Morgan fingerprint density at radius 3 is 2.57 bits per heavy atom. The van der Waals surface area contributed by atoms with Gasteiger partial charge >= 0.3 is 6.03 Å². The number of benzene rings is 1. The molecule has 2 rings (SSSR count). The second kappa shape index (κ2) is 8.29. The topological polar surface area (TPSA) is 61.4 Å². The first-order valence-corrected chi connectivity index (χ1v) is 8.41. The summed E-state index contributed by atoms with van der Waals surface area (Å²) in [7, 11) is 0. The molecule has 0 spiro atoms. The van der Waals surface area contributed by atoms with Crippen molar-refractivity contribution in [1.82, 2.24) is 10.6 Å². The smallest absolute Gasteiger partial charge is 0.315 e. The van der Waals surface area contributed by atoms with Crippen molar-refractivity contribution in [3.05, 3.63) is 35.6 Å². The summed E-state index contributed by atoms with van der Waals surface area (Å²) in [6.07, 6.45) is 3.01. The molecule has 2 amide bonds. The van der Waals surface area contributed by atoms with E-state index in [9.17, 15) is 14.3 Å². The Balaban J connectivity index is 1.81. The molecule has 0 radical (unpaired) electrons. The molecule has 1 fully saturated rings. The molecular formula is C18H27FN2O2. The third-order valence-corrected chi connectivity index (χ3v) is 4.55. The Hall–Kier alpha value is -1.62. The van der Waals surface area contributed by atoms with Gasteiger partial charge in [-0.1, -0.05) is 26.0 Å². The van der Waals surface area contributed by atoms with Crippen LogP contribution in [0.25, 0.3) is 0 Å². The maximum Gasteiger partial charge on any atom is 0.315 e. The molecule has 4 nitrogen and oxygen atoms in total. The normalized spacial score (nSPS) is 22.1. The number of halogens is 1. The highest BCUT2D eigenvalue weighted by Crippen LogP contribution is 2.24. The second-order valence-corrected chi connectivity index (χ2v) is 6.87. The van der Waals surface area contributed by atoms with E-state index >= 15 is 0 Å². The van der Waals surface area contributed by atoms with E-state index < -0.39 is 0 Å². The van der Waals surface area contributed by atoms with Gasteiger partial charge in [0.2, 0.25) is 0 Å². The van der Waals surface area contributed by atoms with Gasteiger partial charge in [0.25, 0.3) is 0 Å². The molecule has 0 aromatic heterocycles. The Morgan fingerprint density at radius 2 is 2.00 bits per heavy atom. The van der Waals surface area contributed by atoms with Gasteiger partial charge in [-0.2, -0.15) is 0 Å². The van der Waals surface area contributed by atoms with Gasteiger partial charge in [-0.05, 0) is 55.2 Å². The lowest BCUT2D eigenvalue weighted by atomic mass is 9.96. The van der Waals surface area contributed by atoms with E-state index in [2.05, 4.69) is 24.5 Å². The quantitative estimate of drug-likeness (QED) is 0.754. The van der Waals surface area contributed by atoms with Crippen LogP contribution in [0.1, 0.15) is 38.7 Å². The molecule has 3 N–H and O–H groups in total. The number of aliphatic hydroxyl groups is 1. The molecule has 1 aromatic carbocycles. The number of nitrogens with one attached hydrogen (secondary N) is 2. The predicted molar refractivity (Wildman–Crippen MR) is 88.6 cm³/mol. The zero-order chi connectivity index (χ0) is 16.8. The van der Waals surface area contributed by atoms with E-state index in [-0.39, 0.29) is 29.9 Å². The zero-order valence-electron chi connectivity index (χ0n) is 13.9. The first-order valence-electron chi connectivity index (χ1n) is 8.41. The number of amides is 2. The maximum atomic E-state index is 13.0. The first-order chi connectivity index (χ1) is 10.9. The molecule has 1 aliphatic carbocycles. The van der Waals surface area contributed by atoms with Gasteiger partial charge < -0.3 is 15.7 Å². The summed E-state index contributed by atoms with van der Waals surface area (Å²) in [4.78, 5) is 12.1. The van der Waals surface area contributed by atoms with Crippen molar-refractivity contribution >= 4 is 6.03 Å². The van der Waals surface area contributed by atoms with Crippen molar-refractivity contribution in [2.24, 2.45) is 11.8 Å². The van der Waals surface area contributed by atoms with Gasteiger partial charge in [0.1, 0.15) is 5.82 Å². The standard InChI is InChI=1S/C18H27FN2O2/c1-12(2)17(10-13-3-6-15(19)7-4-13)21-18(23)20-11-14-5-8-16(22)9-14/h3-4,6-7,12,14,16-17,22H,5,8-11H2,1-2H3,(H2,20,21,23)/t14-,16+,17-/m0/s1. The first kappa shape index (κ1) is 17.7. The number of hydrogen-bond donors (Lipinski definition) is 3. The zero-order valence-corrected chi connectivity index (χ0v) is 13.9. The van der Waals surface area contributed by atoms with Crippen LogP contribution < -0.4 is 10.6 Å². The second-order valence-electron chi connectivity index (χ2n) is 6.87. The molecule has 1 aromatic rings. The monoisotopic (exact) mass is 322 g/mol. The lowest BCUT2D eigenvalue weighted by Gasteiger charge is -2.23. The Labute approximate surface area is 137 Å². The van der Waals surface area contributed by atoms with Crippen molar-refractivity contribution in [3.8, 4) is 0 Å². The Kier molecular flexibility index (Phi) is 6.39. The van der Waals surface area contributed by atoms with Crippen LogP contribution >= 0.6 is 0 Å². The minimum absolute atomic E-state index is 0.00497.